The lowest BCUT2D eigenvalue weighted by molar-refractivity contribution is -0.137. The summed E-state index contributed by atoms with van der Waals surface area (Å²) in [6.45, 7) is 1.37. The van der Waals surface area contributed by atoms with Crippen molar-refractivity contribution in [2.45, 2.75) is 31.6 Å². The van der Waals surface area contributed by atoms with Gasteiger partial charge >= 0.3 is 5.97 Å². The first-order valence-electron chi connectivity index (χ1n) is 6.21. The van der Waals surface area contributed by atoms with Crippen LogP contribution >= 0.6 is 23.2 Å². The Morgan fingerprint density at radius 2 is 2.15 bits per heavy atom. The Morgan fingerprint density at radius 3 is 2.65 bits per heavy atom. The fourth-order valence-electron chi connectivity index (χ4n) is 2.33. The van der Waals surface area contributed by atoms with E-state index in [4.69, 9.17) is 27.9 Å². The van der Waals surface area contributed by atoms with Crippen molar-refractivity contribution in [1.82, 2.24) is 0 Å². The molecule has 0 saturated heterocycles. The Balaban J connectivity index is 2.29. The van der Waals surface area contributed by atoms with E-state index < -0.39 is 5.41 Å². The van der Waals surface area contributed by atoms with Crippen LogP contribution < -0.4 is 0 Å². The fraction of sp³-hybridized carbons (Fsp3) is 0.333. The average Bonchev–Trinajstić information content (AvgIpc) is 2.42. The molecule has 0 heterocycles. The molecule has 5 heteroatoms. The minimum Gasteiger partial charge on any atom is -0.432 e. The van der Waals surface area contributed by atoms with Crippen molar-refractivity contribution < 1.29 is 9.53 Å². The molecule has 0 aromatic heterocycles. The largest absolute Gasteiger partial charge is 0.432 e. The molecule has 2 rings (SSSR count). The van der Waals surface area contributed by atoms with Crippen molar-refractivity contribution >= 4 is 29.2 Å². The number of ether oxygens (including phenoxy) is 1. The Hall–Kier alpha value is -1.50. The highest BCUT2D eigenvalue weighted by atomic mass is 35.5. The third-order valence-electron chi connectivity index (χ3n) is 3.44. The van der Waals surface area contributed by atoms with Gasteiger partial charge < -0.3 is 4.74 Å². The molecule has 0 unspecified atom stereocenters. The Kier molecular flexibility index (Phi) is 4.37. The molecule has 0 bridgehead atoms. The number of hydrogen-bond donors (Lipinski definition) is 0. The van der Waals surface area contributed by atoms with E-state index in [0.29, 0.717) is 35.1 Å². The normalized spacial score (nSPS) is 21.8. The van der Waals surface area contributed by atoms with Crippen molar-refractivity contribution in [2.75, 3.05) is 0 Å². The SMILES string of the molecule is CC(=O)OC1=CC[C@@](C#N)(c2ccc(Cl)c(Cl)c2)CC1. The highest BCUT2D eigenvalue weighted by Gasteiger charge is 2.35. The van der Waals surface area contributed by atoms with Crippen LogP contribution in [0, 0.1) is 11.3 Å². The molecule has 1 aliphatic carbocycles. The molecule has 0 spiro atoms. The summed E-state index contributed by atoms with van der Waals surface area (Å²) in [4.78, 5) is 10.9. The van der Waals surface area contributed by atoms with Gasteiger partial charge in [-0.2, -0.15) is 5.26 Å². The van der Waals surface area contributed by atoms with Gasteiger partial charge in [0.15, 0.2) is 0 Å². The quantitative estimate of drug-likeness (QED) is 0.761. The molecule has 0 N–H and O–H groups in total. The molecule has 0 aliphatic heterocycles. The first-order valence-corrected chi connectivity index (χ1v) is 6.97. The van der Waals surface area contributed by atoms with Gasteiger partial charge in [0.2, 0.25) is 0 Å². The number of hydrogen-bond acceptors (Lipinski definition) is 3. The highest BCUT2D eigenvalue weighted by molar-refractivity contribution is 6.42. The molecule has 1 aromatic carbocycles. The molecular formula is C15H13Cl2NO2. The molecule has 1 aromatic rings. The summed E-state index contributed by atoms with van der Waals surface area (Å²) in [6, 6.07) is 7.62. The molecule has 1 atom stereocenters. The zero-order valence-electron chi connectivity index (χ0n) is 11.0. The third-order valence-corrected chi connectivity index (χ3v) is 4.18. The minimum absolute atomic E-state index is 0.338. The number of nitrogens with zero attached hydrogens (tertiary/aromatic N) is 1. The lowest BCUT2D eigenvalue weighted by Crippen LogP contribution is -2.27. The smallest absolute Gasteiger partial charge is 0.307 e. The second-order valence-electron chi connectivity index (χ2n) is 4.79. The van der Waals surface area contributed by atoms with Crippen molar-refractivity contribution in [3.8, 4) is 6.07 Å². The molecule has 20 heavy (non-hydrogen) atoms. The average molecular weight is 310 g/mol. The predicted octanol–water partition coefficient (Wildman–Crippen LogP) is 4.39. The van der Waals surface area contributed by atoms with Crippen LogP contribution in [0.15, 0.2) is 30.0 Å². The van der Waals surface area contributed by atoms with E-state index in [0.717, 1.165) is 5.56 Å². The maximum Gasteiger partial charge on any atom is 0.307 e. The number of halogens is 2. The van der Waals surface area contributed by atoms with Gasteiger partial charge in [0.1, 0.15) is 5.76 Å². The fourth-order valence-corrected chi connectivity index (χ4v) is 2.63. The van der Waals surface area contributed by atoms with Gasteiger partial charge in [0, 0.05) is 13.3 Å². The number of benzene rings is 1. The molecule has 3 nitrogen and oxygen atoms in total. The number of nitriles is 1. The third kappa shape index (κ3) is 2.98. The summed E-state index contributed by atoms with van der Waals surface area (Å²) < 4.78 is 5.07. The molecule has 1 aliphatic rings. The summed E-state index contributed by atoms with van der Waals surface area (Å²) in [6.07, 6.45) is 3.43. The van der Waals surface area contributed by atoms with E-state index in [1.54, 1.807) is 18.2 Å². The van der Waals surface area contributed by atoms with Crippen molar-refractivity contribution in [3.63, 3.8) is 0 Å². The van der Waals surface area contributed by atoms with Gasteiger partial charge in [-0.1, -0.05) is 29.3 Å². The van der Waals surface area contributed by atoms with Crippen LogP contribution in [0.3, 0.4) is 0 Å². The van der Waals surface area contributed by atoms with Gasteiger partial charge in [0.25, 0.3) is 0 Å². The van der Waals surface area contributed by atoms with Crippen LogP contribution in [0.4, 0.5) is 0 Å². The molecule has 0 amide bonds. The minimum atomic E-state index is -0.641. The van der Waals surface area contributed by atoms with Gasteiger partial charge in [-0.15, -0.1) is 0 Å². The van der Waals surface area contributed by atoms with Crippen LogP contribution in [-0.4, -0.2) is 5.97 Å². The second kappa shape index (κ2) is 5.87. The summed E-state index contributed by atoms with van der Waals surface area (Å²) in [5.41, 5.74) is 0.199. The maximum atomic E-state index is 10.9. The number of carbonyl (C=O) groups excluding carboxylic acids is 1. The number of esters is 1. The molecular weight excluding hydrogens is 297 g/mol. The number of carbonyl (C=O) groups is 1. The molecule has 0 radical (unpaired) electrons. The van der Waals surface area contributed by atoms with Gasteiger partial charge in [-0.25, -0.2) is 0 Å². The van der Waals surface area contributed by atoms with Crippen LogP contribution in [-0.2, 0) is 14.9 Å². The van der Waals surface area contributed by atoms with E-state index in [1.165, 1.54) is 6.92 Å². The first-order chi connectivity index (χ1) is 9.47. The van der Waals surface area contributed by atoms with E-state index in [1.807, 2.05) is 6.07 Å². The summed E-state index contributed by atoms with van der Waals surface area (Å²) >= 11 is 11.9. The first kappa shape index (κ1) is 14.9. The number of allylic oxidation sites excluding steroid dienone is 2. The standard InChI is InChI=1S/C15H13Cl2NO2/c1-10(19)20-12-4-6-15(9-18,7-5-12)11-2-3-13(16)14(17)8-11/h2-4,8H,5-7H2,1H3/t15-/m1/s1. The van der Waals surface area contributed by atoms with Gasteiger partial charge in [0.05, 0.1) is 21.5 Å². The zero-order valence-corrected chi connectivity index (χ0v) is 12.5. The molecule has 0 saturated carbocycles. The van der Waals surface area contributed by atoms with Crippen LogP contribution in [0.25, 0.3) is 0 Å². The Bertz CT molecular complexity index is 619. The van der Waals surface area contributed by atoms with E-state index in [9.17, 15) is 10.1 Å². The molecule has 0 fully saturated rings. The molecule has 104 valence electrons. The van der Waals surface area contributed by atoms with Crippen LogP contribution in [0.1, 0.15) is 31.7 Å². The van der Waals surface area contributed by atoms with Gasteiger partial charge in [-0.3, -0.25) is 4.79 Å². The maximum absolute atomic E-state index is 10.9. The Morgan fingerprint density at radius 1 is 1.40 bits per heavy atom. The van der Waals surface area contributed by atoms with E-state index in [-0.39, 0.29) is 5.97 Å². The summed E-state index contributed by atoms with van der Waals surface area (Å²) in [5.74, 6) is 0.290. The van der Waals surface area contributed by atoms with Gasteiger partial charge in [-0.05, 0) is 36.6 Å². The Labute approximate surface area is 127 Å². The second-order valence-corrected chi connectivity index (χ2v) is 5.61. The summed E-state index contributed by atoms with van der Waals surface area (Å²) in [5, 5.41) is 10.5. The van der Waals surface area contributed by atoms with E-state index >= 15 is 0 Å². The van der Waals surface area contributed by atoms with Crippen LogP contribution in [0.5, 0.6) is 0 Å². The van der Waals surface area contributed by atoms with Crippen molar-refractivity contribution in [2.24, 2.45) is 0 Å². The van der Waals surface area contributed by atoms with E-state index in [2.05, 4.69) is 6.07 Å². The monoisotopic (exact) mass is 309 g/mol. The van der Waals surface area contributed by atoms with Crippen LogP contribution in [0.2, 0.25) is 10.0 Å². The number of rotatable bonds is 2. The lowest BCUT2D eigenvalue weighted by atomic mass is 9.72. The predicted molar refractivity (Wildman–Crippen MR) is 77.5 cm³/mol. The highest BCUT2D eigenvalue weighted by Crippen LogP contribution is 2.40. The lowest BCUT2D eigenvalue weighted by Gasteiger charge is -2.30. The topological polar surface area (TPSA) is 50.1 Å². The van der Waals surface area contributed by atoms with Crippen molar-refractivity contribution in [3.05, 3.63) is 45.6 Å². The van der Waals surface area contributed by atoms with Crippen molar-refractivity contribution in [1.29, 1.82) is 5.26 Å². The zero-order chi connectivity index (χ0) is 14.8. The summed E-state index contributed by atoms with van der Waals surface area (Å²) in [7, 11) is 0.